The average Bonchev–Trinajstić information content (AvgIpc) is 2.92. The van der Waals surface area contributed by atoms with Gasteiger partial charge in [-0.15, -0.1) is 0 Å². The molecule has 0 aliphatic heterocycles. The van der Waals surface area contributed by atoms with E-state index in [1.165, 1.54) is 6.08 Å². The van der Waals surface area contributed by atoms with Gasteiger partial charge in [-0.2, -0.15) is 0 Å². The molecule has 0 aromatic rings. The fourth-order valence-electron chi connectivity index (χ4n) is 0.362. The van der Waals surface area contributed by atoms with Gasteiger partial charge < -0.3 is 5.21 Å². The van der Waals surface area contributed by atoms with E-state index in [0.717, 1.165) is 0 Å². The molecular weight excluding hydrogens is 378 g/mol. The topological polar surface area (TPSA) is 72.4 Å². The van der Waals surface area contributed by atoms with Gasteiger partial charge in [-0.05, 0) is 45.1 Å². The molecule has 5 radical (unpaired) electrons. The Labute approximate surface area is 112 Å². The van der Waals surface area contributed by atoms with E-state index in [1.54, 1.807) is 6.92 Å². The second kappa shape index (κ2) is 29.3. The molecule has 1 saturated carbocycles. The molecule has 1 aliphatic rings. The van der Waals surface area contributed by atoms with Crippen molar-refractivity contribution < 1.29 is 35.6 Å². The summed E-state index contributed by atoms with van der Waals surface area (Å²) in [6.45, 7) is 14.0. The quantitative estimate of drug-likeness (QED) is 0.240. The van der Waals surface area contributed by atoms with Crippen LogP contribution in [0.4, 0.5) is 0 Å². The van der Waals surface area contributed by atoms with Crippen molar-refractivity contribution in [2.24, 2.45) is 5.16 Å². The summed E-state index contributed by atoms with van der Waals surface area (Å²) in [7, 11) is 0. The summed E-state index contributed by atoms with van der Waals surface area (Å²) in [4.78, 5) is 0. The molecule has 16 heavy (non-hydrogen) atoms. The van der Waals surface area contributed by atoms with Gasteiger partial charge in [-0.3, -0.25) is 0 Å². The first-order chi connectivity index (χ1) is 7.31. The molecule has 0 unspecified atom stereocenters. The van der Waals surface area contributed by atoms with E-state index in [1.807, 2.05) is 32.1 Å². The fraction of sp³-hybridized carbons (Fsp3) is 0.0909. The summed E-state index contributed by atoms with van der Waals surface area (Å²) >= 11 is 0. The van der Waals surface area contributed by atoms with Crippen molar-refractivity contribution in [3.05, 3.63) is 58.1 Å². The predicted molar refractivity (Wildman–Crippen MR) is 54.5 cm³/mol. The van der Waals surface area contributed by atoms with E-state index in [4.69, 9.17) is 14.5 Å². The molecule has 0 bridgehead atoms. The Hall–Kier alpha value is -0.622. The average molecular weight is 390 g/mol. The van der Waals surface area contributed by atoms with Crippen molar-refractivity contribution in [1.82, 2.24) is 0 Å². The second-order valence-corrected chi connectivity index (χ2v) is 1.91. The molecule has 1 fully saturated rings. The van der Waals surface area contributed by atoms with E-state index >= 15 is 0 Å². The molecule has 0 saturated heterocycles. The molecule has 5 heteroatoms. The van der Waals surface area contributed by atoms with Crippen molar-refractivity contribution >= 4 is 5.71 Å². The van der Waals surface area contributed by atoms with Crippen LogP contribution in [0.3, 0.4) is 0 Å². The third-order valence-corrected chi connectivity index (χ3v) is 1.01. The smallest absolute Gasteiger partial charge is 0 e. The van der Waals surface area contributed by atoms with Gasteiger partial charge in [-0.25, -0.2) is 0 Å². The van der Waals surface area contributed by atoms with E-state index in [9.17, 15) is 0 Å². The Kier molecular flexibility index (Phi) is 44.9. The summed E-state index contributed by atoms with van der Waals surface area (Å²) in [5.41, 5.74) is 0.537. The molecule has 0 aromatic heterocycles. The van der Waals surface area contributed by atoms with Crippen LogP contribution in [0.2, 0.25) is 0 Å². The third-order valence-electron chi connectivity index (χ3n) is 1.01. The van der Waals surface area contributed by atoms with Crippen molar-refractivity contribution in [3.63, 3.8) is 0 Å². The van der Waals surface area contributed by atoms with Crippen molar-refractivity contribution in [1.29, 1.82) is 0 Å². The maximum atomic E-state index is 7.85. The Balaban J connectivity index is -0.0000000658. The minimum Gasteiger partial charge on any atom is -0.0312 e. The van der Waals surface area contributed by atoms with Crippen molar-refractivity contribution in [2.75, 3.05) is 0 Å². The SMILES string of the molecule is C=C/C(C)=N/O.[C-]#[O+].[C-]#[O+].[CH]1[CH][CH][CH][CH]1.[W]. The van der Waals surface area contributed by atoms with E-state index in [2.05, 4.69) is 25.0 Å². The maximum absolute atomic E-state index is 7.85. The van der Waals surface area contributed by atoms with Crippen LogP contribution in [0.5, 0.6) is 0 Å². The Bertz CT molecular complexity index is 182. The Morgan fingerprint density at radius 1 is 1.12 bits per heavy atom. The molecule has 0 spiro atoms. The van der Waals surface area contributed by atoms with Crippen LogP contribution in [0, 0.1) is 45.4 Å². The van der Waals surface area contributed by atoms with Crippen LogP contribution in [0.25, 0.3) is 0 Å². The van der Waals surface area contributed by atoms with Crippen LogP contribution < -0.4 is 0 Å². The van der Waals surface area contributed by atoms with Gasteiger partial charge in [0.2, 0.25) is 0 Å². The number of hydrogen-bond acceptors (Lipinski definition) is 2. The summed E-state index contributed by atoms with van der Waals surface area (Å²) in [6, 6.07) is 0. The van der Waals surface area contributed by atoms with Gasteiger partial charge in [-0.1, -0.05) is 11.7 Å². The van der Waals surface area contributed by atoms with Crippen LogP contribution in [-0.2, 0) is 30.4 Å². The fourth-order valence-corrected chi connectivity index (χ4v) is 0.362. The van der Waals surface area contributed by atoms with Crippen LogP contribution in [0.1, 0.15) is 6.92 Å². The zero-order chi connectivity index (χ0) is 12.5. The first-order valence-corrected chi connectivity index (χ1v) is 3.70. The van der Waals surface area contributed by atoms with Gasteiger partial charge in [0.15, 0.2) is 0 Å². The standard InChI is InChI=1S/C5H5.C4H7NO.2CO.W/c1-2-4-5-3-1;1-3-4(2)5-6;2*1-2;/h1-5H;3,6H,1H2,2H3;;;/b;5-4+;;;. The monoisotopic (exact) mass is 390 g/mol. The normalized spacial score (nSPS) is 11.9. The van der Waals surface area contributed by atoms with Crippen molar-refractivity contribution in [3.8, 4) is 0 Å². The molecule has 0 atom stereocenters. The largest absolute Gasteiger partial charge is 0.0312 e. The minimum absolute atomic E-state index is 0. The summed E-state index contributed by atoms with van der Waals surface area (Å²) in [6.07, 6.45) is 11.5. The minimum atomic E-state index is 0. The van der Waals surface area contributed by atoms with Gasteiger partial charge in [0.25, 0.3) is 0 Å². The Morgan fingerprint density at radius 2 is 1.38 bits per heavy atom. The number of allylic oxidation sites excluding steroid dienone is 1. The van der Waals surface area contributed by atoms with Gasteiger partial charge in [0.05, 0.1) is 5.71 Å². The van der Waals surface area contributed by atoms with Crippen LogP contribution >= 0.6 is 0 Å². The summed E-state index contributed by atoms with van der Waals surface area (Å²) in [5, 5.41) is 10.7. The van der Waals surface area contributed by atoms with Crippen LogP contribution in [0.15, 0.2) is 17.8 Å². The molecule has 1 rings (SSSR count). The summed E-state index contributed by atoms with van der Waals surface area (Å²) < 4.78 is 15.0. The number of nitrogens with zero attached hydrogens (tertiary/aromatic N) is 1. The van der Waals surface area contributed by atoms with Gasteiger partial charge in [0, 0.05) is 21.1 Å². The second-order valence-electron chi connectivity index (χ2n) is 1.91. The van der Waals surface area contributed by atoms with E-state index < -0.39 is 0 Å². The molecule has 1 N–H and O–H groups in total. The summed E-state index contributed by atoms with van der Waals surface area (Å²) in [5.74, 6) is 0. The predicted octanol–water partition coefficient (Wildman–Crippen LogP) is 1.97. The molecule has 0 heterocycles. The third kappa shape index (κ3) is 29.2. The zero-order valence-corrected chi connectivity index (χ0v) is 11.7. The van der Waals surface area contributed by atoms with Gasteiger partial charge >= 0.3 is 22.6 Å². The number of hydrogen-bond donors (Lipinski definition) is 1. The molecule has 85 valence electrons. The first kappa shape index (κ1) is 24.6. The maximum Gasteiger partial charge on any atom is 0 e. The van der Waals surface area contributed by atoms with Crippen LogP contribution in [-0.4, -0.2) is 10.9 Å². The number of oxime groups is 1. The zero-order valence-electron chi connectivity index (χ0n) is 8.79. The molecule has 4 nitrogen and oxygen atoms in total. The molecule has 1 aliphatic carbocycles. The van der Waals surface area contributed by atoms with E-state index in [-0.39, 0.29) is 21.1 Å². The molecular formula is C11H12NO3W. The first-order valence-electron chi connectivity index (χ1n) is 3.70. The number of rotatable bonds is 1. The van der Waals surface area contributed by atoms with E-state index in [0.29, 0.717) is 5.71 Å². The molecule has 0 aromatic carbocycles. The van der Waals surface area contributed by atoms with Gasteiger partial charge in [0.1, 0.15) is 0 Å². The Morgan fingerprint density at radius 3 is 1.44 bits per heavy atom. The molecule has 0 amide bonds. The van der Waals surface area contributed by atoms with Crippen molar-refractivity contribution in [2.45, 2.75) is 6.92 Å².